The summed E-state index contributed by atoms with van der Waals surface area (Å²) in [6.07, 6.45) is 5.37. The van der Waals surface area contributed by atoms with Gasteiger partial charge in [-0.2, -0.15) is 0 Å². The summed E-state index contributed by atoms with van der Waals surface area (Å²) in [6.45, 7) is 11.3. The van der Waals surface area contributed by atoms with Crippen molar-refractivity contribution in [2.75, 3.05) is 6.61 Å². The Labute approximate surface area is 162 Å². The summed E-state index contributed by atoms with van der Waals surface area (Å²) < 4.78 is 13.6. The van der Waals surface area contributed by atoms with Crippen LogP contribution in [0, 0.1) is 17.8 Å². The van der Waals surface area contributed by atoms with Crippen molar-refractivity contribution < 1.29 is 14.3 Å². The smallest absolute Gasteiger partial charge is 0.329 e. The predicted octanol–water partition coefficient (Wildman–Crippen LogP) is 5.61. The maximum Gasteiger partial charge on any atom is 0.329 e. The Morgan fingerprint density at radius 1 is 1.22 bits per heavy atom. The molecule has 1 fully saturated rings. The largest absolute Gasteiger partial charge is 0.494 e. The first-order chi connectivity index (χ1) is 12.9. The molecular formula is C23H33NO3. The highest BCUT2D eigenvalue weighted by atomic mass is 16.5. The first-order valence-electron chi connectivity index (χ1n) is 10.3. The van der Waals surface area contributed by atoms with Crippen LogP contribution in [0.3, 0.4) is 0 Å². The van der Waals surface area contributed by atoms with E-state index in [1.165, 1.54) is 6.42 Å². The lowest BCUT2D eigenvalue weighted by Crippen LogP contribution is -2.37. The Morgan fingerprint density at radius 2 is 2.00 bits per heavy atom. The van der Waals surface area contributed by atoms with Gasteiger partial charge in [0, 0.05) is 17.1 Å². The number of fused-ring (bicyclic) bond motifs is 1. The van der Waals surface area contributed by atoms with E-state index in [1.54, 1.807) is 0 Å². The van der Waals surface area contributed by atoms with Crippen LogP contribution >= 0.6 is 0 Å². The molecular weight excluding hydrogens is 338 g/mol. The van der Waals surface area contributed by atoms with E-state index >= 15 is 0 Å². The molecule has 3 rings (SSSR count). The average molecular weight is 372 g/mol. The molecule has 1 heterocycles. The van der Waals surface area contributed by atoms with E-state index in [9.17, 15) is 4.79 Å². The monoisotopic (exact) mass is 371 g/mol. The van der Waals surface area contributed by atoms with Gasteiger partial charge in [0.25, 0.3) is 0 Å². The van der Waals surface area contributed by atoms with Crippen molar-refractivity contribution in [2.45, 2.75) is 66.0 Å². The molecule has 0 saturated heterocycles. The Balaban J connectivity index is 1.75. The van der Waals surface area contributed by atoms with Crippen molar-refractivity contribution in [3.63, 3.8) is 0 Å². The first-order valence-corrected chi connectivity index (χ1v) is 10.3. The second-order valence-electron chi connectivity index (χ2n) is 8.35. The second kappa shape index (κ2) is 8.37. The van der Waals surface area contributed by atoms with Crippen molar-refractivity contribution in [1.82, 2.24) is 4.57 Å². The van der Waals surface area contributed by atoms with Gasteiger partial charge in [0.05, 0.1) is 6.61 Å². The molecule has 4 nitrogen and oxygen atoms in total. The van der Waals surface area contributed by atoms with Crippen molar-refractivity contribution >= 4 is 16.9 Å². The number of hydrogen-bond donors (Lipinski definition) is 0. The normalized spacial score (nSPS) is 24.1. The number of esters is 1. The molecule has 0 spiro atoms. The molecule has 1 aliphatic rings. The molecule has 0 aliphatic heterocycles. The fourth-order valence-electron chi connectivity index (χ4n) is 4.35. The lowest BCUT2D eigenvalue weighted by Gasteiger charge is -2.37. The standard InChI is InChI=1S/C23H33NO3/c1-6-26-19-8-10-21-18(14-19)11-12-24(21)17(5)23(25)27-22-13-16(4)7-9-20(22)15(2)3/h8,10-12,14-17,20,22H,6-7,9,13H2,1-5H3. The molecule has 0 amide bonds. The molecule has 1 aromatic carbocycles. The summed E-state index contributed by atoms with van der Waals surface area (Å²) in [5.41, 5.74) is 1.03. The van der Waals surface area contributed by atoms with Crippen molar-refractivity contribution in [3.8, 4) is 5.75 Å². The SMILES string of the molecule is CCOc1ccc2c(ccn2C(C)C(=O)OC2CC(C)CCC2C(C)C)c1. The summed E-state index contributed by atoms with van der Waals surface area (Å²) in [7, 11) is 0. The maximum atomic E-state index is 12.9. The lowest BCUT2D eigenvalue weighted by atomic mass is 9.75. The lowest BCUT2D eigenvalue weighted by molar-refractivity contribution is -0.159. The van der Waals surface area contributed by atoms with Gasteiger partial charge in [-0.1, -0.05) is 27.2 Å². The van der Waals surface area contributed by atoms with E-state index < -0.39 is 0 Å². The summed E-state index contributed by atoms with van der Waals surface area (Å²) >= 11 is 0. The number of nitrogens with zero attached hydrogens (tertiary/aromatic N) is 1. The first kappa shape index (κ1) is 19.8. The molecule has 4 unspecified atom stereocenters. The Hall–Kier alpha value is -1.97. The highest BCUT2D eigenvalue weighted by molar-refractivity contribution is 5.84. The summed E-state index contributed by atoms with van der Waals surface area (Å²) in [5.74, 6) is 2.35. The van der Waals surface area contributed by atoms with Crippen molar-refractivity contribution in [3.05, 3.63) is 30.5 Å². The molecule has 1 aromatic heterocycles. The summed E-state index contributed by atoms with van der Waals surface area (Å²) in [5, 5.41) is 1.08. The second-order valence-corrected chi connectivity index (χ2v) is 8.35. The zero-order valence-electron chi connectivity index (χ0n) is 17.3. The van der Waals surface area contributed by atoms with Gasteiger partial charge in [0.1, 0.15) is 17.9 Å². The van der Waals surface area contributed by atoms with Crippen LogP contribution in [0.5, 0.6) is 5.75 Å². The average Bonchev–Trinajstić information content (AvgIpc) is 3.04. The number of carbonyl (C=O) groups excluding carboxylic acids is 1. The van der Waals surface area contributed by atoms with Crippen LogP contribution in [-0.2, 0) is 9.53 Å². The number of aromatic nitrogens is 1. The molecule has 0 bridgehead atoms. The van der Waals surface area contributed by atoms with Crippen LogP contribution < -0.4 is 4.74 Å². The number of ether oxygens (including phenoxy) is 2. The summed E-state index contributed by atoms with van der Waals surface area (Å²) in [6, 6.07) is 7.68. The van der Waals surface area contributed by atoms with Crippen LogP contribution in [0.25, 0.3) is 10.9 Å². The minimum absolute atomic E-state index is 0.0371. The molecule has 2 aromatic rings. The minimum Gasteiger partial charge on any atom is -0.494 e. The number of hydrogen-bond acceptors (Lipinski definition) is 3. The number of rotatable bonds is 6. The molecule has 4 heteroatoms. The van der Waals surface area contributed by atoms with Gasteiger partial charge in [0.15, 0.2) is 0 Å². The Bertz CT molecular complexity index is 779. The minimum atomic E-state index is -0.342. The van der Waals surface area contributed by atoms with E-state index in [4.69, 9.17) is 9.47 Å². The van der Waals surface area contributed by atoms with Crippen molar-refractivity contribution in [1.29, 1.82) is 0 Å². The highest BCUT2D eigenvalue weighted by Crippen LogP contribution is 2.36. The Morgan fingerprint density at radius 3 is 2.70 bits per heavy atom. The quantitative estimate of drug-likeness (QED) is 0.620. The van der Waals surface area contributed by atoms with Gasteiger partial charge < -0.3 is 14.0 Å². The molecule has 0 N–H and O–H groups in total. The van der Waals surface area contributed by atoms with E-state index in [-0.39, 0.29) is 18.1 Å². The van der Waals surface area contributed by atoms with Crippen LogP contribution in [-0.4, -0.2) is 23.2 Å². The van der Waals surface area contributed by atoms with Gasteiger partial charge in [-0.25, -0.2) is 4.79 Å². The Kier molecular flexibility index (Phi) is 6.13. The molecule has 148 valence electrons. The third-order valence-electron chi connectivity index (χ3n) is 5.99. The topological polar surface area (TPSA) is 40.5 Å². The van der Waals surface area contributed by atoms with Crippen LogP contribution in [0.2, 0.25) is 0 Å². The van der Waals surface area contributed by atoms with Crippen LogP contribution in [0.1, 0.15) is 59.9 Å². The summed E-state index contributed by atoms with van der Waals surface area (Å²) in [4.78, 5) is 12.9. The predicted molar refractivity (Wildman–Crippen MR) is 109 cm³/mol. The van der Waals surface area contributed by atoms with Gasteiger partial charge in [-0.3, -0.25) is 0 Å². The zero-order chi connectivity index (χ0) is 19.6. The van der Waals surface area contributed by atoms with E-state index in [1.807, 2.05) is 48.9 Å². The zero-order valence-corrected chi connectivity index (χ0v) is 17.3. The molecule has 0 radical (unpaired) electrons. The van der Waals surface area contributed by atoms with E-state index in [0.29, 0.717) is 24.4 Å². The number of benzene rings is 1. The molecule has 1 aliphatic carbocycles. The fraction of sp³-hybridized carbons (Fsp3) is 0.609. The van der Waals surface area contributed by atoms with E-state index in [2.05, 4.69) is 20.8 Å². The third kappa shape index (κ3) is 4.31. The van der Waals surface area contributed by atoms with Crippen LogP contribution in [0.15, 0.2) is 30.5 Å². The van der Waals surface area contributed by atoms with Gasteiger partial charge >= 0.3 is 5.97 Å². The maximum absolute atomic E-state index is 12.9. The third-order valence-corrected chi connectivity index (χ3v) is 5.99. The molecule has 4 atom stereocenters. The van der Waals surface area contributed by atoms with Crippen molar-refractivity contribution in [2.24, 2.45) is 17.8 Å². The molecule has 1 saturated carbocycles. The van der Waals surface area contributed by atoms with Gasteiger partial charge in [-0.05, 0) is 68.7 Å². The number of carbonyl (C=O) groups is 1. The van der Waals surface area contributed by atoms with E-state index in [0.717, 1.165) is 29.5 Å². The highest BCUT2D eigenvalue weighted by Gasteiger charge is 2.34. The van der Waals surface area contributed by atoms with Gasteiger partial charge in [-0.15, -0.1) is 0 Å². The fourth-order valence-corrected chi connectivity index (χ4v) is 4.35. The van der Waals surface area contributed by atoms with Crippen LogP contribution in [0.4, 0.5) is 0 Å². The molecule has 27 heavy (non-hydrogen) atoms. The van der Waals surface area contributed by atoms with Gasteiger partial charge in [0.2, 0.25) is 0 Å².